The molecule has 3 heteroatoms. The highest BCUT2D eigenvalue weighted by Gasteiger charge is 2.14. The van der Waals surface area contributed by atoms with Gasteiger partial charge in [-0.1, -0.05) is 24.3 Å². The number of rotatable bonds is 2. The van der Waals surface area contributed by atoms with Crippen LogP contribution in [0.2, 0.25) is 0 Å². The van der Waals surface area contributed by atoms with Gasteiger partial charge in [-0.3, -0.25) is 0 Å². The summed E-state index contributed by atoms with van der Waals surface area (Å²) in [6.45, 7) is 5.34. The third kappa shape index (κ3) is 2.48. The van der Waals surface area contributed by atoms with Crippen molar-refractivity contribution >= 4 is 12.2 Å². The summed E-state index contributed by atoms with van der Waals surface area (Å²) in [6.07, 6.45) is 3.74. The maximum atomic E-state index is 10.00. The van der Waals surface area contributed by atoms with Crippen LogP contribution in [0.25, 0.3) is 12.2 Å². The zero-order valence-electron chi connectivity index (χ0n) is 11.8. The maximum Gasteiger partial charge on any atom is 0.125 e. The first-order chi connectivity index (χ1) is 9.41. The standard InChI is InChI=1S/C17H18O3/c1-10-15(11(2)17(20)12(3)16(10)19)9-6-13-4-7-14(18)8-5-13/h4-9,18-20H,1-3H3. The van der Waals surface area contributed by atoms with Crippen molar-refractivity contribution in [2.24, 2.45) is 0 Å². The third-order valence-electron chi connectivity index (χ3n) is 3.56. The van der Waals surface area contributed by atoms with Crippen LogP contribution >= 0.6 is 0 Å². The smallest absolute Gasteiger partial charge is 0.125 e. The van der Waals surface area contributed by atoms with Crippen LogP contribution < -0.4 is 0 Å². The van der Waals surface area contributed by atoms with Crippen molar-refractivity contribution in [3.8, 4) is 17.2 Å². The Bertz CT molecular complexity index is 639. The molecule has 2 aromatic rings. The molecule has 0 atom stereocenters. The molecule has 0 saturated carbocycles. The van der Waals surface area contributed by atoms with Crippen molar-refractivity contribution < 1.29 is 15.3 Å². The minimum absolute atomic E-state index is 0.124. The minimum atomic E-state index is 0.124. The predicted octanol–water partition coefficient (Wildman–Crippen LogP) is 3.90. The summed E-state index contributed by atoms with van der Waals surface area (Å²) in [5, 5.41) is 29.2. The number of phenols is 3. The van der Waals surface area contributed by atoms with Gasteiger partial charge in [0.25, 0.3) is 0 Å². The van der Waals surface area contributed by atoms with Crippen LogP contribution in [-0.2, 0) is 0 Å². The summed E-state index contributed by atoms with van der Waals surface area (Å²) in [6, 6.07) is 6.82. The van der Waals surface area contributed by atoms with Crippen molar-refractivity contribution in [3.63, 3.8) is 0 Å². The summed E-state index contributed by atoms with van der Waals surface area (Å²) in [7, 11) is 0. The lowest BCUT2D eigenvalue weighted by Crippen LogP contribution is -1.92. The van der Waals surface area contributed by atoms with Gasteiger partial charge in [0.1, 0.15) is 17.2 Å². The van der Waals surface area contributed by atoms with Crippen LogP contribution in [0.5, 0.6) is 17.2 Å². The SMILES string of the molecule is Cc1c(O)c(C)c(C=Cc2ccc(O)cc2)c(C)c1O. The summed E-state index contributed by atoms with van der Waals surface area (Å²) in [5.74, 6) is 0.469. The molecule has 3 nitrogen and oxygen atoms in total. The first-order valence-corrected chi connectivity index (χ1v) is 6.40. The van der Waals surface area contributed by atoms with E-state index in [1.165, 1.54) is 0 Å². The van der Waals surface area contributed by atoms with Crippen LogP contribution in [0, 0.1) is 20.8 Å². The number of benzene rings is 2. The summed E-state index contributed by atoms with van der Waals surface area (Å²) in [4.78, 5) is 0. The van der Waals surface area contributed by atoms with Crippen molar-refractivity contribution in [1.29, 1.82) is 0 Å². The topological polar surface area (TPSA) is 60.7 Å². The zero-order valence-corrected chi connectivity index (χ0v) is 11.8. The van der Waals surface area contributed by atoms with Gasteiger partial charge in [0.2, 0.25) is 0 Å². The molecule has 0 aromatic heterocycles. The second kappa shape index (κ2) is 5.29. The molecule has 0 aliphatic heterocycles. The molecule has 0 amide bonds. The monoisotopic (exact) mass is 270 g/mol. The molecule has 2 rings (SSSR count). The average Bonchev–Trinajstić information content (AvgIpc) is 2.45. The second-order valence-electron chi connectivity index (χ2n) is 4.91. The van der Waals surface area contributed by atoms with Crippen LogP contribution in [-0.4, -0.2) is 15.3 Å². The molecule has 0 saturated heterocycles. The van der Waals surface area contributed by atoms with E-state index < -0.39 is 0 Å². The molecule has 20 heavy (non-hydrogen) atoms. The van der Waals surface area contributed by atoms with Gasteiger partial charge < -0.3 is 15.3 Å². The fraction of sp³-hybridized carbons (Fsp3) is 0.176. The van der Waals surface area contributed by atoms with E-state index in [1.54, 1.807) is 31.2 Å². The van der Waals surface area contributed by atoms with E-state index in [9.17, 15) is 15.3 Å². The third-order valence-corrected chi connectivity index (χ3v) is 3.56. The molecule has 3 N–H and O–H groups in total. The minimum Gasteiger partial charge on any atom is -0.508 e. The quantitative estimate of drug-likeness (QED) is 0.725. The van der Waals surface area contributed by atoms with E-state index in [0.717, 1.165) is 22.3 Å². The normalized spacial score (nSPS) is 11.2. The first-order valence-electron chi connectivity index (χ1n) is 6.40. The van der Waals surface area contributed by atoms with Crippen LogP contribution in [0.3, 0.4) is 0 Å². The van der Waals surface area contributed by atoms with E-state index in [2.05, 4.69) is 0 Å². The Morgan fingerprint density at radius 2 is 1.20 bits per heavy atom. The molecular weight excluding hydrogens is 252 g/mol. The molecule has 0 heterocycles. The Kier molecular flexibility index (Phi) is 3.70. The Hall–Kier alpha value is -2.42. The van der Waals surface area contributed by atoms with E-state index in [1.807, 2.05) is 26.0 Å². The van der Waals surface area contributed by atoms with Gasteiger partial charge in [0.15, 0.2) is 0 Å². The Morgan fingerprint density at radius 1 is 0.700 bits per heavy atom. The van der Waals surface area contributed by atoms with Crippen LogP contribution in [0.1, 0.15) is 27.8 Å². The molecule has 0 radical (unpaired) electrons. The molecule has 2 aromatic carbocycles. The van der Waals surface area contributed by atoms with Gasteiger partial charge >= 0.3 is 0 Å². The number of hydrogen-bond donors (Lipinski definition) is 3. The van der Waals surface area contributed by atoms with E-state index in [-0.39, 0.29) is 17.2 Å². The molecular formula is C17H18O3. The lowest BCUT2D eigenvalue weighted by Gasteiger charge is -2.13. The Morgan fingerprint density at radius 3 is 1.70 bits per heavy atom. The summed E-state index contributed by atoms with van der Waals surface area (Å²) in [5.41, 5.74) is 3.72. The molecule has 0 bridgehead atoms. The van der Waals surface area contributed by atoms with Crippen molar-refractivity contribution in [1.82, 2.24) is 0 Å². The van der Waals surface area contributed by atoms with E-state index >= 15 is 0 Å². The van der Waals surface area contributed by atoms with E-state index in [0.29, 0.717) is 5.56 Å². The molecule has 0 aliphatic carbocycles. The zero-order chi connectivity index (χ0) is 14.9. The molecule has 104 valence electrons. The van der Waals surface area contributed by atoms with Gasteiger partial charge in [-0.05, 0) is 55.2 Å². The van der Waals surface area contributed by atoms with Gasteiger partial charge in [0.05, 0.1) is 0 Å². The lowest BCUT2D eigenvalue weighted by molar-refractivity contribution is 0.437. The largest absolute Gasteiger partial charge is 0.508 e. The van der Waals surface area contributed by atoms with Crippen molar-refractivity contribution in [2.45, 2.75) is 20.8 Å². The van der Waals surface area contributed by atoms with E-state index in [4.69, 9.17) is 0 Å². The Balaban J connectivity index is 2.46. The van der Waals surface area contributed by atoms with Crippen molar-refractivity contribution in [3.05, 3.63) is 52.1 Å². The fourth-order valence-electron chi connectivity index (χ4n) is 2.23. The van der Waals surface area contributed by atoms with Crippen molar-refractivity contribution in [2.75, 3.05) is 0 Å². The summed E-state index contributed by atoms with van der Waals surface area (Å²) < 4.78 is 0. The molecule has 0 unspecified atom stereocenters. The highest BCUT2D eigenvalue weighted by Crippen LogP contribution is 2.37. The maximum absolute atomic E-state index is 10.00. The number of hydrogen-bond acceptors (Lipinski definition) is 3. The van der Waals surface area contributed by atoms with Gasteiger partial charge in [0, 0.05) is 5.56 Å². The fourth-order valence-corrected chi connectivity index (χ4v) is 2.23. The van der Waals surface area contributed by atoms with Gasteiger partial charge in [-0.2, -0.15) is 0 Å². The van der Waals surface area contributed by atoms with Crippen LogP contribution in [0.15, 0.2) is 24.3 Å². The van der Waals surface area contributed by atoms with Gasteiger partial charge in [-0.15, -0.1) is 0 Å². The number of aromatic hydroxyl groups is 3. The average molecular weight is 270 g/mol. The summed E-state index contributed by atoms with van der Waals surface area (Å²) >= 11 is 0. The number of phenolic OH excluding ortho intramolecular Hbond substituents is 3. The predicted molar refractivity (Wildman–Crippen MR) is 81.0 cm³/mol. The second-order valence-corrected chi connectivity index (χ2v) is 4.91. The van der Waals surface area contributed by atoms with Gasteiger partial charge in [-0.25, -0.2) is 0 Å². The lowest BCUT2D eigenvalue weighted by atomic mass is 9.96. The van der Waals surface area contributed by atoms with Crippen LogP contribution in [0.4, 0.5) is 0 Å². The highest BCUT2D eigenvalue weighted by atomic mass is 16.3. The molecule has 0 aliphatic rings. The molecule has 0 spiro atoms. The molecule has 0 fully saturated rings. The first kappa shape index (κ1) is 14.0. The highest BCUT2D eigenvalue weighted by molar-refractivity contribution is 5.76. The Labute approximate surface area is 118 Å².